The highest BCUT2D eigenvalue weighted by Gasteiger charge is 2.33. The molecular formula is C23H13F3N2O2. The Morgan fingerprint density at radius 2 is 1.30 bits per heavy atom. The molecule has 2 aromatic carbocycles. The van der Waals surface area contributed by atoms with Crippen molar-refractivity contribution in [1.82, 2.24) is 9.97 Å². The summed E-state index contributed by atoms with van der Waals surface area (Å²) >= 11 is 0. The molecule has 3 heterocycles. The van der Waals surface area contributed by atoms with Gasteiger partial charge in [0.25, 0.3) is 0 Å². The standard InChI is InChI=1S/C23H13F3N2O2/c24-23(25,26)16-6-2-1-5-15(16)14-9-10-17-18(13-14)28-22(20-8-4-12-30-20)21(27-17)19-7-3-11-29-19/h1-13H. The Balaban J connectivity index is 1.73. The van der Waals surface area contributed by atoms with Crippen molar-refractivity contribution < 1.29 is 22.0 Å². The first-order valence-electron chi connectivity index (χ1n) is 9.07. The predicted octanol–water partition coefficient (Wildman–Crippen LogP) is 6.84. The Bertz CT molecular complexity index is 1320. The van der Waals surface area contributed by atoms with E-state index in [0.717, 1.165) is 6.07 Å². The van der Waals surface area contributed by atoms with E-state index in [1.807, 2.05) is 0 Å². The summed E-state index contributed by atoms with van der Waals surface area (Å²) in [4.78, 5) is 9.30. The lowest BCUT2D eigenvalue weighted by molar-refractivity contribution is -0.137. The minimum atomic E-state index is -4.46. The number of halogens is 3. The highest BCUT2D eigenvalue weighted by Crippen LogP contribution is 2.38. The summed E-state index contributed by atoms with van der Waals surface area (Å²) in [6.45, 7) is 0. The van der Waals surface area contributed by atoms with Crippen molar-refractivity contribution in [3.63, 3.8) is 0 Å². The minimum absolute atomic E-state index is 0.0864. The molecule has 0 bridgehead atoms. The molecule has 0 radical (unpaired) electrons. The van der Waals surface area contributed by atoms with Gasteiger partial charge in [-0.25, -0.2) is 9.97 Å². The number of benzene rings is 2. The van der Waals surface area contributed by atoms with Crippen molar-refractivity contribution in [2.24, 2.45) is 0 Å². The van der Waals surface area contributed by atoms with Gasteiger partial charge in [-0.2, -0.15) is 13.2 Å². The second-order valence-corrected chi connectivity index (χ2v) is 6.62. The van der Waals surface area contributed by atoms with Crippen molar-refractivity contribution in [2.75, 3.05) is 0 Å². The van der Waals surface area contributed by atoms with E-state index in [2.05, 4.69) is 9.97 Å². The first kappa shape index (κ1) is 18.2. The number of aromatic nitrogens is 2. The molecule has 4 nitrogen and oxygen atoms in total. The molecule has 0 amide bonds. The van der Waals surface area contributed by atoms with Gasteiger partial charge in [-0.1, -0.05) is 24.3 Å². The summed E-state index contributed by atoms with van der Waals surface area (Å²) in [5.41, 5.74) is 1.71. The third kappa shape index (κ3) is 3.14. The zero-order valence-electron chi connectivity index (χ0n) is 15.4. The maximum Gasteiger partial charge on any atom is 0.417 e. The first-order valence-corrected chi connectivity index (χ1v) is 9.07. The van der Waals surface area contributed by atoms with Crippen LogP contribution in [0, 0.1) is 0 Å². The Morgan fingerprint density at radius 1 is 0.667 bits per heavy atom. The van der Waals surface area contributed by atoms with Gasteiger partial charge in [0.15, 0.2) is 11.5 Å². The number of alkyl halides is 3. The zero-order valence-corrected chi connectivity index (χ0v) is 15.4. The van der Waals surface area contributed by atoms with Gasteiger partial charge in [0, 0.05) is 0 Å². The Hall–Kier alpha value is -3.87. The molecule has 0 aliphatic rings. The molecule has 30 heavy (non-hydrogen) atoms. The van der Waals surface area contributed by atoms with E-state index < -0.39 is 11.7 Å². The van der Waals surface area contributed by atoms with Gasteiger partial charge in [-0.3, -0.25) is 0 Å². The highest BCUT2D eigenvalue weighted by atomic mass is 19.4. The first-order chi connectivity index (χ1) is 14.5. The van der Waals surface area contributed by atoms with Gasteiger partial charge in [-0.15, -0.1) is 0 Å². The molecule has 148 valence electrons. The predicted molar refractivity (Wildman–Crippen MR) is 105 cm³/mol. The smallest absolute Gasteiger partial charge is 0.417 e. The van der Waals surface area contributed by atoms with Crippen LogP contribution >= 0.6 is 0 Å². The van der Waals surface area contributed by atoms with E-state index in [4.69, 9.17) is 8.83 Å². The quantitative estimate of drug-likeness (QED) is 0.329. The summed E-state index contributed by atoms with van der Waals surface area (Å²) in [5, 5.41) is 0. The molecule has 3 aromatic heterocycles. The normalized spacial score (nSPS) is 11.8. The molecule has 0 spiro atoms. The Morgan fingerprint density at radius 3 is 1.90 bits per heavy atom. The van der Waals surface area contributed by atoms with Crippen LogP contribution in [0.4, 0.5) is 13.2 Å². The van der Waals surface area contributed by atoms with Crippen LogP contribution in [0.15, 0.2) is 88.1 Å². The molecule has 0 saturated carbocycles. The van der Waals surface area contributed by atoms with Crippen molar-refractivity contribution in [2.45, 2.75) is 6.18 Å². The van der Waals surface area contributed by atoms with Gasteiger partial charge in [0.1, 0.15) is 11.4 Å². The molecule has 0 aliphatic carbocycles. The number of hydrogen-bond donors (Lipinski definition) is 0. The SMILES string of the molecule is FC(F)(F)c1ccccc1-c1ccc2nc(-c3ccco3)c(-c3ccco3)nc2c1. The van der Waals surface area contributed by atoms with Crippen LogP contribution in [0.2, 0.25) is 0 Å². The molecule has 7 heteroatoms. The van der Waals surface area contributed by atoms with Gasteiger partial charge < -0.3 is 8.83 Å². The van der Waals surface area contributed by atoms with Gasteiger partial charge in [0.2, 0.25) is 0 Å². The largest absolute Gasteiger partial charge is 0.463 e. The fraction of sp³-hybridized carbons (Fsp3) is 0.0435. The summed E-state index contributed by atoms with van der Waals surface area (Å²) in [5.74, 6) is 0.999. The molecule has 5 rings (SSSR count). The Labute approximate surface area is 168 Å². The summed E-state index contributed by atoms with van der Waals surface area (Å²) in [6, 6.07) is 17.3. The van der Waals surface area contributed by atoms with Crippen molar-refractivity contribution >= 4 is 11.0 Å². The second-order valence-electron chi connectivity index (χ2n) is 6.62. The van der Waals surface area contributed by atoms with Crippen LogP contribution in [0.5, 0.6) is 0 Å². The number of rotatable bonds is 3. The average molecular weight is 406 g/mol. The van der Waals surface area contributed by atoms with Gasteiger partial charge >= 0.3 is 6.18 Å². The zero-order chi connectivity index (χ0) is 20.7. The summed E-state index contributed by atoms with van der Waals surface area (Å²) < 4.78 is 51.3. The minimum Gasteiger partial charge on any atom is -0.463 e. The molecule has 0 fully saturated rings. The molecule has 5 aromatic rings. The number of nitrogens with zero attached hydrogens (tertiary/aromatic N) is 2. The third-order valence-corrected chi connectivity index (χ3v) is 4.72. The van der Waals surface area contributed by atoms with Gasteiger partial charge in [-0.05, 0) is 53.6 Å². The topological polar surface area (TPSA) is 52.1 Å². The lowest BCUT2D eigenvalue weighted by atomic mass is 9.98. The van der Waals surface area contributed by atoms with E-state index in [1.54, 1.807) is 48.5 Å². The number of fused-ring (bicyclic) bond motifs is 1. The fourth-order valence-corrected chi connectivity index (χ4v) is 3.37. The maximum absolute atomic E-state index is 13.5. The number of hydrogen-bond acceptors (Lipinski definition) is 4. The van der Waals surface area contributed by atoms with Gasteiger partial charge in [0.05, 0.1) is 29.1 Å². The molecule has 0 unspecified atom stereocenters. The lowest BCUT2D eigenvalue weighted by Crippen LogP contribution is -2.06. The third-order valence-electron chi connectivity index (χ3n) is 4.72. The van der Waals surface area contributed by atoms with Crippen LogP contribution in [-0.2, 0) is 6.18 Å². The van der Waals surface area contributed by atoms with Crippen LogP contribution in [0.1, 0.15) is 5.56 Å². The van der Waals surface area contributed by atoms with E-state index in [9.17, 15) is 13.2 Å². The van der Waals surface area contributed by atoms with Crippen LogP contribution in [0.3, 0.4) is 0 Å². The summed E-state index contributed by atoms with van der Waals surface area (Å²) in [7, 11) is 0. The number of furan rings is 2. The average Bonchev–Trinajstić information content (AvgIpc) is 3.46. The molecule has 0 N–H and O–H groups in total. The monoisotopic (exact) mass is 406 g/mol. The van der Waals surface area contributed by atoms with E-state index in [-0.39, 0.29) is 5.56 Å². The Kier molecular flexibility index (Phi) is 4.17. The van der Waals surface area contributed by atoms with Crippen molar-refractivity contribution in [3.8, 4) is 34.0 Å². The highest BCUT2D eigenvalue weighted by molar-refractivity contribution is 5.87. The lowest BCUT2D eigenvalue weighted by Gasteiger charge is -2.13. The fourth-order valence-electron chi connectivity index (χ4n) is 3.37. The van der Waals surface area contributed by atoms with Crippen molar-refractivity contribution in [1.29, 1.82) is 0 Å². The van der Waals surface area contributed by atoms with Crippen LogP contribution in [-0.4, -0.2) is 9.97 Å². The maximum atomic E-state index is 13.5. The summed E-state index contributed by atoms with van der Waals surface area (Å²) in [6.07, 6.45) is -1.41. The molecule has 0 saturated heterocycles. The van der Waals surface area contributed by atoms with Crippen LogP contribution < -0.4 is 0 Å². The molecule has 0 aliphatic heterocycles. The van der Waals surface area contributed by atoms with E-state index in [0.29, 0.717) is 39.5 Å². The van der Waals surface area contributed by atoms with Crippen LogP contribution in [0.25, 0.3) is 45.1 Å². The van der Waals surface area contributed by atoms with Crippen molar-refractivity contribution in [3.05, 3.63) is 84.8 Å². The molecule has 0 atom stereocenters. The second kappa shape index (κ2) is 6.88. The molecular weight excluding hydrogens is 393 g/mol. The van der Waals surface area contributed by atoms with E-state index >= 15 is 0 Å². The van der Waals surface area contributed by atoms with E-state index in [1.165, 1.54) is 24.7 Å².